The van der Waals surface area contributed by atoms with E-state index in [1.807, 2.05) is 24.0 Å². The summed E-state index contributed by atoms with van der Waals surface area (Å²) < 4.78 is 5.05. The molecule has 2 fully saturated rings. The van der Waals surface area contributed by atoms with E-state index in [2.05, 4.69) is 17.2 Å². The number of amides is 2. The van der Waals surface area contributed by atoms with Crippen molar-refractivity contribution in [2.75, 3.05) is 31.6 Å². The Hall–Kier alpha value is -2.31. The van der Waals surface area contributed by atoms with Crippen LogP contribution in [0.15, 0.2) is 18.3 Å². The van der Waals surface area contributed by atoms with Gasteiger partial charge in [-0.25, -0.2) is 9.78 Å². The molecule has 3 heterocycles. The predicted molar refractivity (Wildman–Crippen MR) is 108 cm³/mol. The summed E-state index contributed by atoms with van der Waals surface area (Å²) in [5, 5.41) is 3.42. The largest absolute Gasteiger partial charge is 0.450 e. The van der Waals surface area contributed by atoms with Crippen molar-refractivity contribution in [1.82, 2.24) is 14.8 Å². The first-order valence-electron chi connectivity index (χ1n) is 10.6. The number of pyridine rings is 1. The molecule has 0 saturated carbocycles. The SMILES string of the molecule is CCOC(=O)N1CCC(Nc2ccc(C(=O)N3CCCCC3CC)cn2)CC1. The van der Waals surface area contributed by atoms with Crippen molar-refractivity contribution in [2.24, 2.45) is 0 Å². The Morgan fingerprint density at radius 1 is 1.14 bits per heavy atom. The van der Waals surface area contributed by atoms with Crippen molar-refractivity contribution in [2.45, 2.75) is 64.5 Å². The molecule has 3 rings (SSSR count). The second-order valence-corrected chi connectivity index (χ2v) is 7.59. The van der Waals surface area contributed by atoms with E-state index in [0.717, 1.165) is 44.5 Å². The molecule has 2 amide bonds. The molecule has 0 bridgehead atoms. The van der Waals surface area contributed by atoms with E-state index < -0.39 is 0 Å². The van der Waals surface area contributed by atoms with Crippen LogP contribution in [0.25, 0.3) is 0 Å². The molecule has 7 nitrogen and oxygen atoms in total. The second kappa shape index (κ2) is 9.75. The number of likely N-dealkylation sites (tertiary alicyclic amines) is 2. The fraction of sp³-hybridized carbons (Fsp3) is 0.667. The van der Waals surface area contributed by atoms with E-state index >= 15 is 0 Å². The number of rotatable bonds is 5. The third-order valence-corrected chi connectivity index (χ3v) is 5.74. The van der Waals surface area contributed by atoms with Gasteiger partial charge < -0.3 is 19.9 Å². The molecule has 1 atom stereocenters. The van der Waals surface area contributed by atoms with Gasteiger partial charge in [-0.05, 0) is 57.6 Å². The lowest BCUT2D eigenvalue weighted by molar-refractivity contribution is 0.0607. The Morgan fingerprint density at radius 2 is 1.93 bits per heavy atom. The molecule has 7 heteroatoms. The van der Waals surface area contributed by atoms with E-state index in [1.54, 1.807) is 11.1 Å². The molecule has 1 aromatic heterocycles. The Bertz CT molecular complexity index is 656. The van der Waals surface area contributed by atoms with Gasteiger partial charge in [0, 0.05) is 37.9 Å². The maximum atomic E-state index is 12.8. The monoisotopic (exact) mass is 388 g/mol. The van der Waals surface area contributed by atoms with Crippen LogP contribution in [0.4, 0.5) is 10.6 Å². The molecular formula is C21H32N4O3. The summed E-state index contributed by atoms with van der Waals surface area (Å²) in [6, 6.07) is 4.37. The summed E-state index contributed by atoms with van der Waals surface area (Å²) in [6.45, 7) is 6.58. The molecule has 2 aliphatic heterocycles. The summed E-state index contributed by atoms with van der Waals surface area (Å²) in [4.78, 5) is 32.8. The lowest BCUT2D eigenvalue weighted by Crippen LogP contribution is -2.43. The number of nitrogens with zero attached hydrogens (tertiary/aromatic N) is 3. The van der Waals surface area contributed by atoms with Gasteiger partial charge >= 0.3 is 6.09 Å². The number of anilines is 1. The van der Waals surface area contributed by atoms with Crippen LogP contribution in [0, 0.1) is 0 Å². The first kappa shape index (κ1) is 20.4. The highest BCUT2D eigenvalue weighted by Crippen LogP contribution is 2.22. The van der Waals surface area contributed by atoms with Crippen LogP contribution >= 0.6 is 0 Å². The standard InChI is InChI=1S/C21H32N4O3/c1-3-18-7-5-6-12-25(18)20(26)16-8-9-19(22-15-16)23-17-10-13-24(14-11-17)21(27)28-4-2/h8-9,15,17-18H,3-7,10-14H2,1-2H3,(H,22,23). The minimum absolute atomic E-state index is 0.0911. The predicted octanol–water partition coefficient (Wildman–Crippen LogP) is 3.52. The van der Waals surface area contributed by atoms with Crippen LogP contribution in [0.5, 0.6) is 0 Å². The Kier molecular flexibility index (Phi) is 7.12. The number of piperidine rings is 2. The summed E-state index contributed by atoms with van der Waals surface area (Å²) in [5.41, 5.74) is 0.656. The molecule has 1 aromatic rings. The molecule has 28 heavy (non-hydrogen) atoms. The zero-order valence-electron chi connectivity index (χ0n) is 17.0. The fourth-order valence-electron chi connectivity index (χ4n) is 4.09. The normalized spacial score (nSPS) is 20.7. The number of ether oxygens (including phenoxy) is 1. The van der Waals surface area contributed by atoms with Gasteiger partial charge in [0.2, 0.25) is 0 Å². The van der Waals surface area contributed by atoms with Gasteiger partial charge in [0.25, 0.3) is 5.91 Å². The number of carbonyl (C=O) groups is 2. The van der Waals surface area contributed by atoms with Gasteiger partial charge in [0.15, 0.2) is 0 Å². The number of aromatic nitrogens is 1. The molecule has 0 radical (unpaired) electrons. The van der Waals surface area contributed by atoms with Gasteiger partial charge in [0.1, 0.15) is 5.82 Å². The second-order valence-electron chi connectivity index (χ2n) is 7.59. The van der Waals surface area contributed by atoms with Crippen LogP contribution in [0.3, 0.4) is 0 Å². The van der Waals surface area contributed by atoms with Crippen molar-refractivity contribution in [3.8, 4) is 0 Å². The number of hydrogen-bond donors (Lipinski definition) is 1. The Labute approximate surface area is 167 Å². The van der Waals surface area contributed by atoms with Gasteiger partial charge in [-0.3, -0.25) is 4.79 Å². The molecular weight excluding hydrogens is 356 g/mol. The Morgan fingerprint density at radius 3 is 2.57 bits per heavy atom. The summed E-state index contributed by atoms with van der Waals surface area (Å²) in [5.74, 6) is 0.866. The third-order valence-electron chi connectivity index (χ3n) is 5.74. The zero-order chi connectivity index (χ0) is 19.9. The minimum Gasteiger partial charge on any atom is -0.450 e. The van der Waals surface area contributed by atoms with Gasteiger partial charge in [0.05, 0.1) is 12.2 Å². The topological polar surface area (TPSA) is 74.8 Å². The molecule has 1 unspecified atom stereocenters. The molecule has 1 N–H and O–H groups in total. The summed E-state index contributed by atoms with van der Waals surface area (Å²) in [7, 11) is 0. The van der Waals surface area contributed by atoms with Crippen molar-refractivity contribution < 1.29 is 14.3 Å². The average molecular weight is 389 g/mol. The molecule has 0 spiro atoms. The summed E-state index contributed by atoms with van der Waals surface area (Å²) >= 11 is 0. The maximum Gasteiger partial charge on any atom is 0.409 e. The maximum absolute atomic E-state index is 12.8. The van der Waals surface area contributed by atoms with Crippen molar-refractivity contribution in [1.29, 1.82) is 0 Å². The van der Waals surface area contributed by atoms with Crippen LogP contribution in [-0.4, -0.2) is 65.1 Å². The van der Waals surface area contributed by atoms with Crippen LogP contribution < -0.4 is 5.32 Å². The van der Waals surface area contributed by atoms with Gasteiger partial charge in [-0.1, -0.05) is 6.92 Å². The zero-order valence-corrected chi connectivity index (χ0v) is 17.0. The summed E-state index contributed by atoms with van der Waals surface area (Å²) in [6.07, 6.45) is 7.55. The first-order valence-corrected chi connectivity index (χ1v) is 10.6. The lowest BCUT2D eigenvalue weighted by Gasteiger charge is -2.35. The highest BCUT2D eigenvalue weighted by Gasteiger charge is 2.27. The van der Waals surface area contributed by atoms with Crippen LogP contribution in [0.2, 0.25) is 0 Å². The molecule has 2 saturated heterocycles. The number of hydrogen-bond acceptors (Lipinski definition) is 5. The van der Waals surface area contributed by atoms with E-state index in [0.29, 0.717) is 31.3 Å². The van der Waals surface area contributed by atoms with Crippen LogP contribution in [-0.2, 0) is 4.74 Å². The molecule has 0 aromatic carbocycles. The van der Waals surface area contributed by atoms with E-state index in [4.69, 9.17) is 4.74 Å². The molecule has 154 valence electrons. The lowest BCUT2D eigenvalue weighted by atomic mass is 9.99. The molecule has 0 aliphatic carbocycles. The smallest absolute Gasteiger partial charge is 0.409 e. The number of carbonyl (C=O) groups excluding carboxylic acids is 2. The van der Waals surface area contributed by atoms with Gasteiger partial charge in [-0.2, -0.15) is 0 Å². The quantitative estimate of drug-likeness (QED) is 0.835. The van der Waals surface area contributed by atoms with Crippen LogP contribution in [0.1, 0.15) is 62.7 Å². The first-order chi connectivity index (χ1) is 13.6. The van der Waals surface area contributed by atoms with Crippen molar-refractivity contribution in [3.63, 3.8) is 0 Å². The van der Waals surface area contributed by atoms with E-state index in [9.17, 15) is 9.59 Å². The average Bonchev–Trinajstić information content (AvgIpc) is 2.74. The fourth-order valence-corrected chi connectivity index (χ4v) is 4.09. The van der Waals surface area contributed by atoms with Crippen molar-refractivity contribution >= 4 is 17.8 Å². The number of nitrogens with one attached hydrogen (secondary N) is 1. The van der Waals surface area contributed by atoms with Gasteiger partial charge in [-0.15, -0.1) is 0 Å². The van der Waals surface area contributed by atoms with E-state index in [-0.39, 0.29) is 18.0 Å². The Balaban J connectivity index is 1.52. The molecule has 2 aliphatic rings. The highest BCUT2D eigenvalue weighted by molar-refractivity contribution is 5.94. The third kappa shape index (κ3) is 4.94. The minimum atomic E-state index is -0.231. The highest BCUT2D eigenvalue weighted by atomic mass is 16.6. The van der Waals surface area contributed by atoms with E-state index in [1.165, 1.54) is 6.42 Å². The van der Waals surface area contributed by atoms with Crippen molar-refractivity contribution in [3.05, 3.63) is 23.9 Å².